The zero-order valence-corrected chi connectivity index (χ0v) is 24.4. The first-order chi connectivity index (χ1) is 18.3. The maximum Gasteiger partial charge on any atom is 0.245 e. The van der Waals surface area contributed by atoms with E-state index in [-0.39, 0.29) is 16.5 Å². The molecule has 3 heterocycles. The van der Waals surface area contributed by atoms with Gasteiger partial charge in [-0.2, -0.15) is 4.31 Å². The van der Waals surface area contributed by atoms with Crippen molar-refractivity contribution in [1.82, 2.24) is 14.2 Å². The molecule has 0 spiro atoms. The van der Waals surface area contributed by atoms with Gasteiger partial charge in [0.1, 0.15) is 17.2 Å². The highest BCUT2D eigenvalue weighted by molar-refractivity contribution is 9.10. The molecule has 1 aromatic heterocycles. The highest BCUT2D eigenvalue weighted by Crippen LogP contribution is 2.37. The molecule has 0 bridgehead atoms. The Kier molecular flexibility index (Phi) is 8.19. The topological polar surface area (TPSA) is 75.1 Å². The van der Waals surface area contributed by atoms with Crippen LogP contribution in [0.2, 0.25) is 0 Å². The fourth-order valence-corrected chi connectivity index (χ4v) is 7.71. The number of para-hydroxylation sites is 1. The van der Waals surface area contributed by atoms with Crippen LogP contribution in [0.5, 0.6) is 0 Å². The van der Waals surface area contributed by atoms with Crippen LogP contribution in [-0.2, 0) is 14.9 Å². The molecule has 0 aliphatic carbocycles. The van der Waals surface area contributed by atoms with Gasteiger partial charge in [-0.05, 0) is 70.3 Å². The summed E-state index contributed by atoms with van der Waals surface area (Å²) in [5.74, 6) is 0. The second-order valence-electron chi connectivity index (χ2n) is 10.3. The number of rotatable bonds is 7. The zero-order chi connectivity index (χ0) is 26.8. The predicted molar refractivity (Wildman–Crippen MR) is 155 cm³/mol. The van der Waals surface area contributed by atoms with Crippen molar-refractivity contribution in [3.63, 3.8) is 0 Å². The largest absolute Gasteiger partial charge is 0.396 e. The molecule has 2 aromatic carbocycles. The Labute approximate surface area is 234 Å². The van der Waals surface area contributed by atoms with Crippen LogP contribution in [0.4, 0.5) is 0 Å². The Morgan fingerprint density at radius 3 is 2.55 bits per heavy atom. The number of nitrogens with zero attached hydrogens (tertiary/aromatic N) is 4. The number of hydrogen-bond acceptors (Lipinski definition) is 6. The van der Waals surface area contributed by atoms with Crippen molar-refractivity contribution in [2.24, 2.45) is 5.16 Å². The molecule has 2 aliphatic heterocycles. The van der Waals surface area contributed by atoms with Crippen LogP contribution in [0, 0.1) is 0 Å². The number of halogens is 1. The van der Waals surface area contributed by atoms with Crippen LogP contribution in [0.25, 0.3) is 10.9 Å². The Balaban J connectivity index is 1.39. The van der Waals surface area contributed by atoms with E-state index in [1.54, 1.807) is 22.6 Å². The number of hydrogen-bond donors (Lipinski definition) is 0. The smallest absolute Gasteiger partial charge is 0.245 e. The minimum atomic E-state index is -3.65. The van der Waals surface area contributed by atoms with Gasteiger partial charge in [0.2, 0.25) is 10.0 Å². The standard InChI is InChI=1S/C29H35BrN4O3S/c1-3-37-32-27(23-12-14-24(30)15-13-23)25-10-4-5-19-34(25)29(2)16-20-33(21-17-29)38(35,36)26-11-6-8-22-9-7-18-31-28(22)26/h6-9,11-15,18,25H,3-5,10,16-17,19-21H2,1-2H3/b32-27-. The lowest BCUT2D eigenvalue weighted by Gasteiger charge is -2.51. The molecule has 9 heteroatoms. The second-order valence-corrected chi connectivity index (χ2v) is 13.2. The first-order valence-corrected chi connectivity index (χ1v) is 15.6. The lowest BCUT2D eigenvalue weighted by Crippen LogP contribution is -2.60. The molecule has 2 fully saturated rings. The Hall–Kier alpha value is -2.33. The molecule has 38 heavy (non-hydrogen) atoms. The summed E-state index contributed by atoms with van der Waals surface area (Å²) in [6.07, 6.45) is 6.41. The first-order valence-electron chi connectivity index (χ1n) is 13.4. The summed E-state index contributed by atoms with van der Waals surface area (Å²) >= 11 is 3.54. The summed E-state index contributed by atoms with van der Waals surface area (Å²) < 4.78 is 30.1. The highest BCUT2D eigenvalue weighted by Gasteiger charge is 2.44. The average molecular weight is 600 g/mol. The van der Waals surface area contributed by atoms with Gasteiger partial charge in [-0.1, -0.05) is 57.8 Å². The third-order valence-electron chi connectivity index (χ3n) is 7.96. The molecular weight excluding hydrogens is 564 g/mol. The number of aromatic nitrogens is 1. The van der Waals surface area contributed by atoms with Gasteiger partial charge in [0.25, 0.3) is 0 Å². The lowest BCUT2D eigenvalue weighted by atomic mass is 9.82. The maximum absolute atomic E-state index is 13.7. The van der Waals surface area contributed by atoms with Crippen molar-refractivity contribution < 1.29 is 13.3 Å². The second kappa shape index (κ2) is 11.4. The quantitative estimate of drug-likeness (QED) is 0.252. The van der Waals surface area contributed by atoms with Crippen molar-refractivity contribution in [3.8, 4) is 0 Å². The van der Waals surface area contributed by atoms with Gasteiger partial charge in [0.05, 0.1) is 11.6 Å². The van der Waals surface area contributed by atoms with E-state index in [1.165, 1.54) is 0 Å². The van der Waals surface area contributed by atoms with E-state index in [1.807, 2.05) is 37.3 Å². The zero-order valence-electron chi connectivity index (χ0n) is 22.0. The molecule has 0 N–H and O–H groups in total. The van der Waals surface area contributed by atoms with E-state index in [0.29, 0.717) is 25.2 Å². The van der Waals surface area contributed by atoms with Gasteiger partial charge in [-0.15, -0.1) is 0 Å². The van der Waals surface area contributed by atoms with E-state index < -0.39 is 10.0 Å². The molecule has 2 saturated heterocycles. The van der Waals surface area contributed by atoms with E-state index >= 15 is 0 Å². The molecule has 202 valence electrons. The molecule has 0 saturated carbocycles. The molecule has 5 rings (SSSR count). The fraction of sp³-hybridized carbons (Fsp3) is 0.448. The maximum atomic E-state index is 13.7. The van der Waals surface area contributed by atoms with Crippen LogP contribution in [0.1, 0.15) is 51.5 Å². The minimum absolute atomic E-state index is 0.117. The Morgan fingerprint density at radius 1 is 1.08 bits per heavy atom. The number of pyridine rings is 1. The van der Waals surface area contributed by atoms with Gasteiger partial charge in [-0.3, -0.25) is 9.88 Å². The van der Waals surface area contributed by atoms with E-state index in [0.717, 1.165) is 59.8 Å². The van der Waals surface area contributed by atoms with E-state index in [2.05, 4.69) is 50.0 Å². The van der Waals surface area contributed by atoms with Crippen LogP contribution in [0.3, 0.4) is 0 Å². The van der Waals surface area contributed by atoms with Crippen molar-refractivity contribution in [3.05, 3.63) is 70.8 Å². The van der Waals surface area contributed by atoms with Gasteiger partial charge in [0.15, 0.2) is 0 Å². The molecule has 1 unspecified atom stereocenters. The Bertz CT molecular complexity index is 1400. The van der Waals surface area contributed by atoms with Gasteiger partial charge in [-0.25, -0.2) is 8.42 Å². The molecule has 2 aliphatic rings. The first kappa shape index (κ1) is 27.2. The number of piperidine rings is 2. The normalized spacial score (nSPS) is 21.4. The highest BCUT2D eigenvalue weighted by atomic mass is 79.9. The predicted octanol–water partition coefficient (Wildman–Crippen LogP) is 5.84. The molecule has 7 nitrogen and oxygen atoms in total. The monoisotopic (exact) mass is 598 g/mol. The summed E-state index contributed by atoms with van der Waals surface area (Å²) in [6, 6.07) is 17.5. The van der Waals surface area contributed by atoms with E-state index in [4.69, 9.17) is 4.84 Å². The molecule has 1 atom stereocenters. The fourth-order valence-electron chi connectivity index (χ4n) is 5.84. The van der Waals surface area contributed by atoms with Crippen molar-refractivity contribution in [2.75, 3.05) is 26.2 Å². The minimum Gasteiger partial charge on any atom is -0.396 e. The number of oxime groups is 1. The summed E-state index contributed by atoms with van der Waals surface area (Å²) in [5, 5.41) is 5.45. The number of benzene rings is 2. The van der Waals surface area contributed by atoms with Crippen LogP contribution < -0.4 is 0 Å². The molecule has 0 radical (unpaired) electrons. The van der Waals surface area contributed by atoms with Crippen molar-refractivity contribution >= 4 is 42.6 Å². The van der Waals surface area contributed by atoms with E-state index in [9.17, 15) is 8.42 Å². The van der Waals surface area contributed by atoms with Gasteiger partial charge >= 0.3 is 0 Å². The number of sulfonamides is 1. The summed E-state index contributed by atoms with van der Waals surface area (Å²) in [5.41, 5.74) is 2.41. The van der Waals surface area contributed by atoms with Crippen molar-refractivity contribution in [2.45, 2.75) is 62.4 Å². The SMILES string of the molecule is CCO/N=C(/c1ccc(Br)cc1)C1CCCCN1C1(C)CCN(S(=O)(=O)c2cccc3cccnc23)CC1. The van der Waals surface area contributed by atoms with Crippen molar-refractivity contribution in [1.29, 1.82) is 0 Å². The summed E-state index contributed by atoms with van der Waals surface area (Å²) in [4.78, 5) is 12.9. The number of fused-ring (bicyclic) bond motifs is 1. The third-order valence-corrected chi connectivity index (χ3v) is 10.4. The summed E-state index contributed by atoms with van der Waals surface area (Å²) in [7, 11) is -3.65. The third kappa shape index (κ3) is 5.39. The molecule has 3 aromatic rings. The average Bonchev–Trinajstić information content (AvgIpc) is 2.94. The van der Waals surface area contributed by atoms with Gasteiger partial charge in [0, 0.05) is 40.2 Å². The van der Waals surface area contributed by atoms with Gasteiger partial charge < -0.3 is 4.84 Å². The van der Waals surface area contributed by atoms with Crippen LogP contribution >= 0.6 is 15.9 Å². The Morgan fingerprint density at radius 2 is 1.82 bits per heavy atom. The lowest BCUT2D eigenvalue weighted by molar-refractivity contribution is 0.0186. The van der Waals surface area contributed by atoms with Crippen LogP contribution in [-0.4, -0.2) is 66.1 Å². The molecular formula is C29H35BrN4O3S. The van der Waals surface area contributed by atoms with Crippen LogP contribution in [0.15, 0.2) is 75.3 Å². The summed E-state index contributed by atoms with van der Waals surface area (Å²) in [6.45, 7) is 6.66. The molecule has 0 amide bonds. The number of likely N-dealkylation sites (tertiary alicyclic amines) is 1.